The Kier molecular flexibility index (Phi) is 4.53. The zero-order valence-corrected chi connectivity index (χ0v) is 16.0. The molecule has 0 atom stereocenters. The van der Waals surface area contributed by atoms with E-state index in [1.165, 1.54) is 25.7 Å². The molecule has 3 heterocycles. The second kappa shape index (κ2) is 7.48. The molecule has 0 bridgehead atoms. The van der Waals surface area contributed by atoms with Gasteiger partial charge in [-0.05, 0) is 43.0 Å². The van der Waals surface area contributed by atoms with Crippen molar-refractivity contribution in [3.8, 4) is 28.7 Å². The number of nitrogens with zero attached hydrogens (tertiary/aromatic N) is 4. The molecule has 1 fully saturated rings. The zero-order valence-electron chi connectivity index (χ0n) is 16.0. The van der Waals surface area contributed by atoms with Crippen molar-refractivity contribution in [1.29, 1.82) is 5.26 Å². The van der Waals surface area contributed by atoms with Gasteiger partial charge in [-0.1, -0.05) is 31.0 Å². The van der Waals surface area contributed by atoms with Gasteiger partial charge in [0, 0.05) is 29.1 Å². The van der Waals surface area contributed by atoms with Crippen LogP contribution in [-0.4, -0.2) is 15.0 Å². The SMILES string of the molecule is N#Cc1ccc(-c2cnc(CC3CCCC3)o2)c(-c2ccc3cccnc3c2)n1. The molecule has 0 radical (unpaired) electrons. The van der Waals surface area contributed by atoms with Gasteiger partial charge in [-0.3, -0.25) is 4.98 Å². The summed E-state index contributed by atoms with van der Waals surface area (Å²) in [7, 11) is 0. The maximum atomic E-state index is 9.34. The van der Waals surface area contributed by atoms with Crippen LogP contribution in [0.25, 0.3) is 33.5 Å². The van der Waals surface area contributed by atoms with E-state index in [0.717, 1.165) is 34.3 Å². The molecule has 0 saturated heterocycles. The Bertz CT molecular complexity index is 1220. The summed E-state index contributed by atoms with van der Waals surface area (Å²) in [5, 5.41) is 10.4. The van der Waals surface area contributed by atoms with Gasteiger partial charge in [-0.2, -0.15) is 5.26 Å². The minimum absolute atomic E-state index is 0.371. The van der Waals surface area contributed by atoms with Crippen LogP contribution in [0.2, 0.25) is 0 Å². The molecule has 4 aromatic rings. The predicted molar refractivity (Wildman–Crippen MR) is 111 cm³/mol. The largest absolute Gasteiger partial charge is 0.441 e. The maximum Gasteiger partial charge on any atom is 0.195 e. The maximum absolute atomic E-state index is 9.34. The Labute approximate surface area is 169 Å². The van der Waals surface area contributed by atoms with Crippen molar-refractivity contribution in [1.82, 2.24) is 15.0 Å². The number of hydrogen-bond donors (Lipinski definition) is 0. The molecular weight excluding hydrogens is 360 g/mol. The fraction of sp³-hybridized carbons (Fsp3) is 0.250. The van der Waals surface area contributed by atoms with Crippen LogP contribution >= 0.6 is 0 Å². The smallest absolute Gasteiger partial charge is 0.195 e. The van der Waals surface area contributed by atoms with Crippen LogP contribution in [0.5, 0.6) is 0 Å². The van der Waals surface area contributed by atoms with Crippen molar-refractivity contribution in [2.75, 3.05) is 0 Å². The molecule has 1 aliphatic rings. The average molecular weight is 380 g/mol. The molecule has 1 aliphatic carbocycles. The van der Waals surface area contributed by atoms with E-state index in [1.54, 1.807) is 18.5 Å². The Morgan fingerprint density at radius 3 is 2.83 bits per heavy atom. The third-order valence-electron chi connectivity index (χ3n) is 5.65. The molecular formula is C24H20N4O. The second-order valence-corrected chi connectivity index (χ2v) is 7.59. The first-order valence-corrected chi connectivity index (χ1v) is 10.0. The first kappa shape index (κ1) is 17.6. The summed E-state index contributed by atoms with van der Waals surface area (Å²) in [5.74, 6) is 2.14. The standard InChI is InChI=1S/C24H20N4O/c25-14-19-9-10-20(22-15-27-23(29-22)12-16-4-1-2-5-16)24(28-19)18-8-7-17-6-3-11-26-21(17)13-18/h3,6-11,13,15-16H,1-2,4-5,12H2. The summed E-state index contributed by atoms with van der Waals surface area (Å²) in [6.45, 7) is 0. The third kappa shape index (κ3) is 3.50. The quantitative estimate of drug-likeness (QED) is 0.463. The van der Waals surface area contributed by atoms with Crippen molar-refractivity contribution < 1.29 is 4.42 Å². The lowest BCUT2D eigenvalue weighted by Crippen LogP contribution is -1.98. The predicted octanol–water partition coefficient (Wildman–Crippen LogP) is 5.56. The van der Waals surface area contributed by atoms with Crippen LogP contribution in [0.15, 0.2) is 59.3 Å². The van der Waals surface area contributed by atoms with Gasteiger partial charge < -0.3 is 4.42 Å². The summed E-state index contributed by atoms with van der Waals surface area (Å²) in [4.78, 5) is 13.5. The molecule has 0 N–H and O–H groups in total. The van der Waals surface area contributed by atoms with Crippen molar-refractivity contribution in [3.63, 3.8) is 0 Å². The van der Waals surface area contributed by atoms with Crippen LogP contribution in [0.3, 0.4) is 0 Å². The highest BCUT2D eigenvalue weighted by Gasteiger charge is 2.20. The summed E-state index contributed by atoms with van der Waals surface area (Å²) >= 11 is 0. The van der Waals surface area contributed by atoms with E-state index >= 15 is 0 Å². The van der Waals surface area contributed by atoms with E-state index in [9.17, 15) is 5.26 Å². The van der Waals surface area contributed by atoms with Gasteiger partial charge in [0.25, 0.3) is 0 Å². The average Bonchev–Trinajstić information content (AvgIpc) is 3.45. The molecule has 142 valence electrons. The van der Waals surface area contributed by atoms with Crippen LogP contribution in [0.1, 0.15) is 37.3 Å². The molecule has 0 amide bonds. The molecule has 1 aromatic carbocycles. The number of fused-ring (bicyclic) bond motifs is 1. The van der Waals surface area contributed by atoms with Crippen LogP contribution in [0, 0.1) is 17.2 Å². The Morgan fingerprint density at radius 1 is 1.07 bits per heavy atom. The minimum atomic E-state index is 0.371. The van der Waals surface area contributed by atoms with E-state index in [4.69, 9.17) is 4.42 Å². The molecule has 0 aliphatic heterocycles. The van der Waals surface area contributed by atoms with Crippen molar-refractivity contribution in [3.05, 3.63) is 66.4 Å². The highest BCUT2D eigenvalue weighted by molar-refractivity contribution is 5.87. The lowest BCUT2D eigenvalue weighted by molar-refractivity contribution is 0.437. The van der Waals surface area contributed by atoms with Gasteiger partial charge in [0.1, 0.15) is 11.8 Å². The van der Waals surface area contributed by atoms with E-state index in [0.29, 0.717) is 23.1 Å². The van der Waals surface area contributed by atoms with Crippen LogP contribution in [-0.2, 0) is 6.42 Å². The summed E-state index contributed by atoms with van der Waals surface area (Å²) in [6.07, 6.45) is 9.56. The zero-order chi connectivity index (χ0) is 19.6. The first-order valence-electron chi connectivity index (χ1n) is 10.0. The number of aromatic nitrogens is 3. The number of rotatable bonds is 4. The van der Waals surface area contributed by atoms with Gasteiger partial charge in [-0.25, -0.2) is 9.97 Å². The highest BCUT2D eigenvalue weighted by Crippen LogP contribution is 2.34. The fourth-order valence-electron chi connectivity index (χ4n) is 4.14. The summed E-state index contributed by atoms with van der Waals surface area (Å²) in [6, 6.07) is 15.7. The molecule has 0 unspecified atom stereocenters. The monoisotopic (exact) mass is 380 g/mol. The highest BCUT2D eigenvalue weighted by atomic mass is 16.4. The molecule has 3 aromatic heterocycles. The molecule has 0 spiro atoms. The van der Waals surface area contributed by atoms with Gasteiger partial charge >= 0.3 is 0 Å². The van der Waals surface area contributed by atoms with Gasteiger partial charge in [0.2, 0.25) is 0 Å². The summed E-state index contributed by atoms with van der Waals surface area (Å²) < 4.78 is 6.11. The van der Waals surface area contributed by atoms with Crippen molar-refractivity contribution >= 4 is 10.9 Å². The molecule has 5 rings (SSSR count). The third-order valence-corrected chi connectivity index (χ3v) is 5.65. The van der Waals surface area contributed by atoms with E-state index in [2.05, 4.69) is 21.0 Å². The Morgan fingerprint density at radius 2 is 1.97 bits per heavy atom. The topological polar surface area (TPSA) is 75.6 Å². The number of oxazole rings is 1. The molecule has 5 heteroatoms. The number of pyridine rings is 2. The lowest BCUT2D eigenvalue weighted by atomic mass is 10.0. The van der Waals surface area contributed by atoms with E-state index in [1.807, 2.05) is 36.4 Å². The van der Waals surface area contributed by atoms with Crippen LogP contribution < -0.4 is 0 Å². The Balaban J connectivity index is 1.56. The number of benzene rings is 1. The normalized spacial score (nSPS) is 14.3. The van der Waals surface area contributed by atoms with Crippen molar-refractivity contribution in [2.45, 2.75) is 32.1 Å². The van der Waals surface area contributed by atoms with Gasteiger partial charge in [-0.15, -0.1) is 0 Å². The van der Waals surface area contributed by atoms with Crippen molar-refractivity contribution in [2.24, 2.45) is 5.92 Å². The lowest BCUT2D eigenvalue weighted by Gasteiger charge is -2.08. The van der Waals surface area contributed by atoms with Gasteiger partial charge in [0.05, 0.1) is 17.4 Å². The van der Waals surface area contributed by atoms with Gasteiger partial charge in [0.15, 0.2) is 11.7 Å². The molecule has 1 saturated carbocycles. The summed E-state index contributed by atoms with van der Waals surface area (Å²) in [5.41, 5.74) is 3.71. The van der Waals surface area contributed by atoms with E-state index < -0.39 is 0 Å². The minimum Gasteiger partial charge on any atom is -0.441 e. The first-order chi connectivity index (χ1) is 14.3. The van der Waals surface area contributed by atoms with Crippen LogP contribution in [0.4, 0.5) is 0 Å². The number of nitriles is 1. The number of hydrogen-bond acceptors (Lipinski definition) is 5. The molecule has 29 heavy (non-hydrogen) atoms. The van der Waals surface area contributed by atoms with E-state index in [-0.39, 0.29) is 0 Å². The fourth-order valence-corrected chi connectivity index (χ4v) is 4.14. The Hall–Kier alpha value is -3.52. The molecule has 5 nitrogen and oxygen atoms in total. The second-order valence-electron chi connectivity index (χ2n) is 7.59.